The highest BCUT2D eigenvalue weighted by Crippen LogP contribution is 2.32. The van der Waals surface area contributed by atoms with Gasteiger partial charge in [-0.3, -0.25) is 9.59 Å². The molecule has 114 valence electrons. The van der Waals surface area contributed by atoms with Crippen LogP contribution in [0.5, 0.6) is 0 Å². The van der Waals surface area contributed by atoms with Crippen molar-refractivity contribution in [3.05, 3.63) is 0 Å². The normalized spacial score (nSPS) is 29.4. The van der Waals surface area contributed by atoms with Crippen LogP contribution in [0.2, 0.25) is 0 Å². The first-order chi connectivity index (χ1) is 9.50. The van der Waals surface area contributed by atoms with E-state index in [9.17, 15) is 14.7 Å². The fourth-order valence-corrected chi connectivity index (χ4v) is 3.91. The maximum absolute atomic E-state index is 12.6. The maximum Gasteiger partial charge on any atom is 0.308 e. The summed E-state index contributed by atoms with van der Waals surface area (Å²) >= 11 is 0. The van der Waals surface area contributed by atoms with Crippen molar-refractivity contribution in [3.63, 3.8) is 0 Å². The number of carboxylic acid groups (broad SMARTS) is 1. The number of hydrogen-bond acceptors (Lipinski definition) is 2. The zero-order chi connectivity index (χ0) is 14.7. The van der Waals surface area contributed by atoms with Crippen molar-refractivity contribution in [2.75, 3.05) is 6.54 Å². The van der Waals surface area contributed by atoms with Crippen LogP contribution >= 0.6 is 0 Å². The molecule has 1 unspecified atom stereocenters. The number of nitrogens with zero attached hydrogens (tertiary/aromatic N) is 1. The third-order valence-corrected chi connectivity index (χ3v) is 5.17. The van der Waals surface area contributed by atoms with Gasteiger partial charge in [-0.05, 0) is 32.1 Å². The molecule has 0 aromatic heterocycles. The van der Waals surface area contributed by atoms with Gasteiger partial charge in [-0.1, -0.05) is 32.6 Å². The first kappa shape index (κ1) is 15.3. The van der Waals surface area contributed by atoms with Gasteiger partial charge >= 0.3 is 5.97 Å². The SMILES string of the molecule is CC(CC1CCCC1)C(=O)N1CCC[C@H](C(=O)O)[C@@H]1C. The van der Waals surface area contributed by atoms with Crippen LogP contribution < -0.4 is 0 Å². The number of piperidine rings is 1. The molecule has 4 nitrogen and oxygen atoms in total. The van der Waals surface area contributed by atoms with Crippen molar-refractivity contribution in [2.24, 2.45) is 17.8 Å². The summed E-state index contributed by atoms with van der Waals surface area (Å²) in [4.78, 5) is 25.7. The Balaban J connectivity index is 1.94. The predicted octanol–water partition coefficient (Wildman–Crippen LogP) is 2.91. The summed E-state index contributed by atoms with van der Waals surface area (Å²) in [6, 6.07) is -0.167. The number of rotatable bonds is 4. The lowest BCUT2D eigenvalue weighted by Gasteiger charge is -2.39. The summed E-state index contributed by atoms with van der Waals surface area (Å²) in [6.07, 6.45) is 7.58. The van der Waals surface area contributed by atoms with Gasteiger partial charge in [0, 0.05) is 18.5 Å². The van der Waals surface area contributed by atoms with E-state index < -0.39 is 11.9 Å². The van der Waals surface area contributed by atoms with Crippen LogP contribution in [0.1, 0.15) is 58.8 Å². The molecule has 4 heteroatoms. The molecular formula is C16H27NO3. The highest BCUT2D eigenvalue weighted by Gasteiger charge is 2.37. The Morgan fingerprint density at radius 1 is 1.20 bits per heavy atom. The Hall–Kier alpha value is -1.06. The van der Waals surface area contributed by atoms with E-state index in [0.717, 1.165) is 19.4 Å². The Morgan fingerprint density at radius 3 is 2.45 bits per heavy atom. The van der Waals surface area contributed by atoms with Gasteiger partial charge in [0.1, 0.15) is 0 Å². The van der Waals surface area contributed by atoms with E-state index in [1.165, 1.54) is 25.7 Å². The van der Waals surface area contributed by atoms with E-state index in [0.29, 0.717) is 12.3 Å². The van der Waals surface area contributed by atoms with Gasteiger partial charge in [0.25, 0.3) is 0 Å². The molecule has 20 heavy (non-hydrogen) atoms. The van der Waals surface area contributed by atoms with Gasteiger partial charge < -0.3 is 10.0 Å². The monoisotopic (exact) mass is 281 g/mol. The molecule has 1 saturated heterocycles. The molecule has 3 atom stereocenters. The first-order valence-corrected chi connectivity index (χ1v) is 8.04. The van der Waals surface area contributed by atoms with Crippen LogP contribution in [0.4, 0.5) is 0 Å². The zero-order valence-corrected chi connectivity index (χ0v) is 12.7. The second-order valence-corrected chi connectivity index (χ2v) is 6.65. The average molecular weight is 281 g/mol. The maximum atomic E-state index is 12.6. The highest BCUT2D eigenvalue weighted by molar-refractivity contribution is 5.80. The van der Waals surface area contributed by atoms with Crippen LogP contribution in [0.25, 0.3) is 0 Å². The molecule has 1 amide bonds. The minimum atomic E-state index is -0.765. The van der Waals surface area contributed by atoms with E-state index in [1.807, 2.05) is 18.7 Å². The molecule has 2 aliphatic rings. The minimum absolute atomic E-state index is 0.0353. The van der Waals surface area contributed by atoms with E-state index >= 15 is 0 Å². The lowest BCUT2D eigenvalue weighted by Crippen LogP contribution is -2.50. The van der Waals surface area contributed by atoms with Crippen LogP contribution in [0, 0.1) is 17.8 Å². The van der Waals surface area contributed by atoms with E-state index in [-0.39, 0.29) is 17.9 Å². The van der Waals surface area contributed by atoms with Gasteiger partial charge in [-0.2, -0.15) is 0 Å². The van der Waals surface area contributed by atoms with Gasteiger partial charge in [-0.25, -0.2) is 0 Å². The summed E-state index contributed by atoms with van der Waals surface area (Å²) < 4.78 is 0. The third-order valence-electron chi connectivity index (χ3n) is 5.17. The number of hydrogen-bond donors (Lipinski definition) is 1. The largest absolute Gasteiger partial charge is 0.481 e. The van der Waals surface area contributed by atoms with E-state index in [4.69, 9.17) is 0 Å². The molecule has 1 heterocycles. The Kier molecular flexibility index (Phi) is 5.06. The van der Waals surface area contributed by atoms with Crippen molar-refractivity contribution in [1.29, 1.82) is 0 Å². The molecule has 2 fully saturated rings. The topological polar surface area (TPSA) is 57.6 Å². The first-order valence-electron chi connectivity index (χ1n) is 8.04. The molecule has 1 aliphatic carbocycles. The molecule has 2 rings (SSSR count). The van der Waals surface area contributed by atoms with Crippen molar-refractivity contribution in [2.45, 2.75) is 64.8 Å². The number of carbonyl (C=O) groups is 2. The molecule has 1 N–H and O–H groups in total. The van der Waals surface area contributed by atoms with Crippen LogP contribution in [0.3, 0.4) is 0 Å². The van der Waals surface area contributed by atoms with Crippen LogP contribution in [-0.4, -0.2) is 34.5 Å². The molecule has 0 radical (unpaired) electrons. The molecule has 1 aliphatic heterocycles. The zero-order valence-electron chi connectivity index (χ0n) is 12.7. The predicted molar refractivity (Wildman–Crippen MR) is 77.3 cm³/mol. The van der Waals surface area contributed by atoms with Gasteiger partial charge in [0.2, 0.25) is 5.91 Å². The summed E-state index contributed by atoms with van der Waals surface area (Å²) in [5, 5.41) is 9.24. The van der Waals surface area contributed by atoms with Crippen molar-refractivity contribution in [1.82, 2.24) is 4.90 Å². The molecule has 0 bridgehead atoms. The fourth-order valence-electron chi connectivity index (χ4n) is 3.91. The third kappa shape index (κ3) is 3.33. The summed E-state index contributed by atoms with van der Waals surface area (Å²) in [5.41, 5.74) is 0. The molecule has 0 aromatic carbocycles. The quantitative estimate of drug-likeness (QED) is 0.862. The number of carboxylic acids is 1. The second kappa shape index (κ2) is 6.59. The fraction of sp³-hybridized carbons (Fsp3) is 0.875. The molecule has 1 saturated carbocycles. The lowest BCUT2D eigenvalue weighted by molar-refractivity contribution is -0.150. The average Bonchev–Trinajstić information content (AvgIpc) is 2.90. The second-order valence-electron chi connectivity index (χ2n) is 6.65. The van der Waals surface area contributed by atoms with Gasteiger partial charge in [-0.15, -0.1) is 0 Å². The number of aliphatic carboxylic acids is 1. The molecule has 0 spiro atoms. The Morgan fingerprint density at radius 2 is 1.85 bits per heavy atom. The van der Waals surface area contributed by atoms with Gasteiger partial charge in [0.05, 0.1) is 5.92 Å². The van der Waals surface area contributed by atoms with E-state index in [2.05, 4.69) is 0 Å². The minimum Gasteiger partial charge on any atom is -0.481 e. The Bertz CT molecular complexity index is 363. The smallest absolute Gasteiger partial charge is 0.308 e. The number of amides is 1. The van der Waals surface area contributed by atoms with Crippen molar-refractivity contribution < 1.29 is 14.7 Å². The van der Waals surface area contributed by atoms with Crippen LogP contribution in [0.15, 0.2) is 0 Å². The van der Waals surface area contributed by atoms with Crippen molar-refractivity contribution in [3.8, 4) is 0 Å². The lowest BCUT2D eigenvalue weighted by atomic mass is 9.87. The molecule has 0 aromatic rings. The number of likely N-dealkylation sites (tertiary alicyclic amines) is 1. The summed E-state index contributed by atoms with van der Waals surface area (Å²) in [6.45, 7) is 4.62. The number of carbonyl (C=O) groups excluding carboxylic acids is 1. The van der Waals surface area contributed by atoms with E-state index in [1.54, 1.807) is 0 Å². The summed E-state index contributed by atoms with van der Waals surface area (Å²) in [5.74, 6) is -0.266. The van der Waals surface area contributed by atoms with Crippen molar-refractivity contribution >= 4 is 11.9 Å². The molecular weight excluding hydrogens is 254 g/mol. The van der Waals surface area contributed by atoms with Gasteiger partial charge in [0.15, 0.2) is 0 Å². The Labute approximate surface area is 121 Å². The highest BCUT2D eigenvalue weighted by atomic mass is 16.4. The van der Waals surface area contributed by atoms with Crippen LogP contribution in [-0.2, 0) is 9.59 Å². The standard InChI is InChI=1S/C16H27NO3/c1-11(10-13-6-3-4-7-13)15(18)17-9-5-8-14(12(17)2)16(19)20/h11-14H,3-10H2,1-2H3,(H,19,20)/t11?,12-,14-/m0/s1. The summed E-state index contributed by atoms with van der Waals surface area (Å²) in [7, 11) is 0.